The van der Waals surface area contributed by atoms with Crippen LogP contribution in [0, 0.1) is 13.8 Å². The normalized spacial score (nSPS) is 11.5. The lowest BCUT2D eigenvalue weighted by molar-refractivity contribution is 0.716. The van der Waals surface area contributed by atoms with Gasteiger partial charge in [0.05, 0.1) is 6.54 Å². The second-order valence-electron chi connectivity index (χ2n) is 8.38. The number of hydrogen-bond donors (Lipinski definition) is 1. The summed E-state index contributed by atoms with van der Waals surface area (Å²) in [5.41, 5.74) is 8.05. The summed E-state index contributed by atoms with van der Waals surface area (Å²) < 4.78 is 4.11. The van der Waals surface area contributed by atoms with Crippen LogP contribution in [-0.2, 0) is 20.0 Å². The first kappa shape index (κ1) is 21.3. The highest BCUT2D eigenvalue weighted by Gasteiger charge is 2.19. The first-order valence-electron chi connectivity index (χ1n) is 11.0. The number of fused-ring (bicyclic) bond motifs is 1. The molecular formula is C24H25ClN8. The molecule has 0 aliphatic carbocycles. The molecule has 0 radical (unpaired) electrons. The van der Waals surface area contributed by atoms with Gasteiger partial charge in [0, 0.05) is 36.5 Å². The Labute approximate surface area is 196 Å². The maximum Gasteiger partial charge on any atom is 0.181 e. The molecule has 5 aromatic rings. The van der Waals surface area contributed by atoms with Crippen LogP contribution in [0.2, 0.25) is 5.15 Å². The molecular weight excluding hydrogens is 436 g/mol. The van der Waals surface area contributed by atoms with Crippen molar-refractivity contribution >= 4 is 22.8 Å². The van der Waals surface area contributed by atoms with Gasteiger partial charge >= 0.3 is 0 Å². The summed E-state index contributed by atoms with van der Waals surface area (Å²) in [6.07, 6.45) is 3.88. The summed E-state index contributed by atoms with van der Waals surface area (Å²) in [6.45, 7) is 7.02. The van der Waals surface area contributed by atoms with Gasteiger partial charge in [0.15, 0.2) is 11.5 Å². The molecule has 0 bridgehead atoms. The average molecular weight is 461 g/mol. The van der Waals surface area contributed by atoms with E-state index in [1.54, 1.807) is 0 Å². The van der Waals surface area contributed by atoms with Gasteiger partial charge in [-0.3, -0.25) is 0 Å². The Morgan fingerprint density at radius 2 is 1.88 bits per heavy atom. The molecule has 0 saturated carbocycles. The van der Waals surface area contributed by atoms with Crippen LogP contribution in [0.4, 0.5) is 0 Å². The number of tetrazole rings is 1. The highest BCUT2D eigenvalue weighted by Crippen LogP contribution is 2.37. The Morgan fingerprint density at radius 3 is 2.58 bits per heavy atom. The van der Waals surface area contributed by atoms with E-state index >= 15 is 0 Å². The highest BCUT2D eigenvalue weighted by molar-refractivity contribution is 6.33. The zero-order valence-electron chi connectivity index (χ0n) is 19.1. The molecule has 0 saturated heterocycles. The van der Waals surface area contributed by atoms with Gasteiger partial charge in [-0.15, -0.1) is 5.10 Å². The number of halogens is 1. The molecule has 4 heterocycles. The smallest absolute Gasteiger partial charge is 0.181 e. The van der Waals surface area contributed by atoms with Crippen LogP contribution in [0.5, 0.6) is 0 Å². The van der Waals surface area contributed by atoms with Crippen molar-refractivity contribution in [3.63, 3.8) is 0 Å². The Bertz CT molecular complexity index is 1430. The van der Waals surface area contributed by atoms with Gasteiger partial charge in [-0.25, -0.2) is 15.1 Å². The quantitative estimate of drug-likeness (QED) is 0.389. The summed E-state index contributed by atoms with van der Waals surface area (Å²) in [6, 6.07) is 10.5. The number of nitrogens with one attached hydrogen (secondary N) is 1. The molecule has 0 aliphatic heterocycles. The molecule has 0 amide bonds. The van der Waals surface area contributed by atoms with Crippen LogP contribution >= 0.6 is 11.6 Å². The average Bonchev–Trinajstić information content (AvgIpc) is 3.50. The monoisotopic (exact) mass is 460 g/mol. The van der Waals surface area contributed by atoms with Crippen LogP contribution in [0.15, 0.2) is 36.5 Å². The fraction of sp³-hybridized carbons (Fsp3) is 0.292. The lowest BCUT2D eigenvalue weighted by atomic mass is 10.0. The van der Waals surface area contributed by atoms with Crippen molar-refractivity contribution in [2.75, 3.05) is 0 Å². The minimum atomic E-state index is 0.586. The molecule has 5 rings (SSSR count). The minimum absolute atomic E-state index is 0.586. The summed E-state index contributed by atoms with van der Waals surface area (Å²) in [5, 5.41) is 14.9. The first-order chi connectivity index (χ1) is 16.0. The number of aromatic nitrogens is 8. The fourth-order valence-electron chi connectivity index (χ4n) is 4.32. The molecule has 168 valence electrons. The van der Waals surface area contributed by atoms with Gasteiger partial charge in [0.1, 0.15) is 16.5 Å². The Kier molecular flexibility index (Phi) is 5.46. The predicted molar refractivity (Wildman–Crippen MR) is 129 cm³/mol. The maximum absolute atomic E-state index is 6.63. The Balaban J connectivity index is 1.53. The van der Waals surface area contributed by atoms with Crippen molar-refractivity contribution in [3.05, 3.63) is 64.3 Å². The lowest BCUT2D eigenvalue weighted by Gasteiger charge is -2.10. The van der Waals surface area contributed by atoms with Gasteiger partial charge in [0.25, 0.3) is 0 Å². The first-order valence-corrected chi connectivity index (χ1v) is 11.4. The molecule has 1 N–H and O–H groups in total. The molecule has 0 aliphatic rings. The van der Waals surface area contributed by atoms with Crippen molar-refractivity contribution in [2.24, 2.45) is 7.05 Å². The Hall–Kier alpha value is -3.52. The number of H-pyrrole nitrogens is 1. The number of aromatic amines is 1. The van der Waals surface area contributed by atoms with Crippen molar-refractivity contribution in [1.82, 2.24) is 39.7 Å². The number of nitrogens with zero attached hydrogens (tertiary/aromatic N) is 7. The zero-order chi connectivity index (χ0) is 23.1. The standard InChI is InChI=1S/C24H25ClN8/c1-5-6-19-27-21-14(2)11-15(3)26-24(21)33(19)12-16-7-9-17(10-8-16)20-18(13-32(4)22(20)25)23-28-30-31-29-23/h7-11,13H,5-6,12H2,1-4H3,(H,28,29,30,31). The summed E-state index contributed by atoms with van der Waals surface area (Å²) in [5.74, 6) is 1.66. The van der Waals surface area contributed by atoms with Gasteiger partial charge in [-0.05, 0) is 53.5 Å². The van der Waals surface area contributed by atoms with E-state index in [4.69, 9.17) is 21.6 Å². The molecule has 0 spiro atoms. The number of hydrogen-bond acceptors (Lipinski definition) is 5. The summed E-state index contributed by atoms with van der Waals surface area (Å²) in [4.78, 5) is 9.73. The van der Waals surface area contributed by atoms with Gasteiger partial charge < -0.3 is 9.13 Å². The SMILES string of the molecule is CCCc1nc2c(C)cc(C)nc2n1Cc1ccc(-c2c(-c3nnn[nH]3)cn(C)c2Cl)cc1. The van der Waals surface area contributed by atoms with E-state index in [1.165, 1.54) is 5.56 Å². The molecule has 1 aromatic carbocycles. The van der Waals surface area contributed by atoms with Crippen LogP contribution in [-0.4, -0.2) is 39.7 Å². The zero-order valence-corrected chi connectivity index (χ0v) is 19.8. The third kappa shape index (κ3) is 3.80. The predicted octanol–water partition coefficient (Wildman–Crippen LogP) is 4.89. The van der Waals surface area contributed by atoms with Gasteiger partial charge in [0.2, 0.25) is 0 Å². The number of benzene rings is 1. The lowest BCUT2D eigenvalue weighted by Crippen LogP contribution is -2.06. The van der Waals surface area contributed by atoms with E-state index in [-0.39, 0.29) is 0 Å². The molecule has 33 heavy (non-hydrogen) atoms. The van der Waals surface area contributed by atoms with Crippen LogP contribution in [0.25, 0.3) is 33.7 Å². The van der Waals surface area contributed by atoms with Gasteiger partial charge in [-0.2, -0.15) is 0 Å². The van der Waals surface area contributed by atoms with E-state index < -0.39 is 0 Å². The molecule has 0 fully saturated rings. The van der Waals surface area contributed by atoms with E-state index in [9.17, 15) is 0 Å². The summed E-state index contributed by atoms with van der Waals surface area (Å²) in [7, 11) is 1.91. The number of rotatable bonds is 6. The van der Waals surface area contributed by atoms with Crippen molar-refractivity contribution in [2.45, 2.75) is 40.2 Å². The third-order valence-electron chi connectivity index (χ3n) is 5.87. The van der Waals surface area contributed by atoms with E-state index in [2.05, 4.69) is 69.4 Å². The highest BCUT2D eigenvalue weighted by atomic mass is 35.5. The molecule has 8 nitrogen and oxygen atoms in total. The van der Waals surface area contributed by atoms with Crippen molar-refractivity contribution in [1.29, 1.82) is 0 Å². The van der Waals surface area contributed by atoms with Crippen molar-refractivity contribution in [3.8, 4) is 22.5 Å². The second kappa shape index (κ2) is 8.44. The van der Waals surface area contributed by atoms with E-state index in [0.29, 0.717) is 17.5 Å². The minimum Gasteiger partial charge on any atom is -0.341 e. The molecule has 0 unspecified atom stereocenters. The number of pyridine rings is 1. The van der Waals surface area contributed by atoms with Crippen LogP contribution in [0.1, 0.15) is 36.0 Å². The van der Waals surface area contributed by atoms with Crippen LogP contribution < -0.4 is 0 Å². The van der Waals surface area contributed by atoms with E-state index in [0.717, 1.165) is 57.8 Å². The number of imidazole rings is 1. The Morgan fingerprint density at radius 1 is 1.09 bits per heavy atom. The van der Waals surface area contributed by atoms with Crippen LogP contribution in [0.3, 0.4) is 0 Å². The number of aryl methyl sites for hydroxylation is 4. The van der Waals surface area contributed by atoms with Gasteiger partial charge in [-0.1, -0.05) is 42.8 Å². The fourth-order valence-corrected chi connectivity index (χ4v) is 4.58. The second-order valence-corrected chi connectivity index (χ2v) is 8.74. The molecule has 4 aromatic heterocycles. The topological polar surface area (TPSA) is 90.1 Å². The molecule has 9 heteroatoms. The largest absolute Gasteiger partial charge is 0.341 e. The van der Waals surface area contributed by atoms with E-state index in [1.807, 2.05) is 24.7 Å². The third-order valence-corrected chi connectivity index (χ3v) is 6.32. The van der Waals surface area contributed by atoms with Crippen molar-refractivity contribution < 1.29 is 0 Å². The summed E-state index contributed by atoms with van der Waals surface area (Å²) >= 11 is 6.63. The maximum atomic E-state index is 6.63. The molecule has 0 atom stereocenters.